The molecule has 0 saturated carbocycles. The van der Waals surface area contributed by atoms with Crippen LogP contribution in [0.1, 0.15) is 39.5 Å². The van der Waals surface area contributed by atoms with E-state index < -0.39 is 0 Å². The molecule has 1 saturated heterocycles. The van der Waals surface area contributed by atoms with Crippen molar-refractivity contribution in [3.63, 3.8) is 0 Å². The molecule has 0 aliphatic carbocycles. The van der Waals surface area contributed by atoms with Crippen LogP contribution in [0.2, 0.25) is 0 Å². The Hall–Kier alpha value is -0.610. The van der Waals surface area contributed by atoms with Crippen LogP contribution in [0.4, 0.5) is 0 Å². The van der Waals surface area contributed by atoms with Crippen LogP contribution in [-0.2, 0) is 9.53 Å². The van der Waals surface area contributed by atoms with E-state index in [0.29, 0.717) is 12.3 Å². The third-order valence-corrected chi connectivity index (χ3v) is 3.24. The molecule has 2 atom stereocenters. The van der Waals surface area contributed by atoms with E-state index in [0.717, 1.165) is 39.1 Å². The molecule has 1 rings (SSSR count). The second-order valence-corrected chi connectivity index (χ2v) is 5.02. The number of nitrogens with zero attached hydrogens (tertiary/aromatic N) is 1. The standard InChI is InChI=1S/C13H26N2O2/c1-3-17-10-12-5-4-8-15(9-12)13(16)7-6-11(2)14/h11-12H,3-10,14H2,1-2H3. The molecule has 0 aromatic heterocycles. The first kappa shape index (κ1) is 14.5. The van der Waals surface area contributed by atoms with E-state index in [2.05, 4.69) is 0 Å². The van der Waals surface area contributed by atoms with Crippen molar-refractivity contribution in [2.45, 2.75) is 45.6 Å². The Balaban J connectivity index is 2.30. The van der Waals surface area contributed by atoms with E-state index in [1.165, 1.54) is 6.42 Å². The summed E-state index contributed by atoms with van der Waals surface area (Å²) in [4.78, 5) is 13.9. The summed E-state index contributed by atoms with van der Waals surface area (Å²) < 4.78 is 5.44. The Bertz CT molecular complexity index is 231. The zero-order chi connectivity index (χ0) is 12.7. The molecule has 2 N–H and O–H groups in total. The Kier molecular flexibility index (Phi) is 6.52. The molecular formula is C13H26N2O2. The minimum Gasteiger partial charge on any atom is -0.381 e. The van der Waals surface area contributed by atoms with Crippen LogP contribution in [0, 0.1) is 5.92 Å². The fraction of sp³-hybridized carbons (Fsp3) is 0.923. The first-order valence-electron chi connectivity index (χ1n) is 6.74. The van der Waals surface area contributed by atoms with Gasteiger partial charge < -0.3 is 15.4 Å². The van der Waals surface area contributed by atoms with Gasteiger partial charge in [0.1, 0.15) is 0 Å². The Labute approximate surface area is 104 Å². The van der Waals surface area contributed by atoms with Crippen molar-refractivity contribution in [3.05, 3.63) is 0 Å². The number of hydrogen-bond acceptors (Lipinski definition) is 3. The Morgan fingerprint density at radius 2 is 2.35 bits per heavy atom. The fourth-order valence-electron chi connectivity index (χ4n) is 2.22. The molecule has 0 aromatic rings. The number of ether oxygens (including phenoxy) is 1. The van der Waals surface area contributed by atoms with E-state index in [1.54, 1.807) is 0 Å². The molecule has 100 valence electrons. The van der Waals surface area contributed by atoms with Gasteiger partial charge in [0.2, 0.25) is 5.91 Å². The van der Waals surface area contributed by atoms with Crippen molar-refractivity contribution in [1.82, 2.24) is 4.90 Å². The molecule has 1 amide bonds. The molecule has 1 fully saturated rings. The summed E-state index contributed by atoms with van der Waals surface area (Å²) in [7, 11) is 0. The molecule has 4 heteroatoms. The van der Waals surface area contributed by atoms with E-state index >= 15 is 0 Å². The molecular weight excluding hydrogens is 216 g/mol. The SMILES string of the molecule is CCOCC1CCCN(C(=O)CCC(C)N)C1. The largest absolute Gasteiger partial charge is 0.381 e. The maximum absolute atomic E-state index is 12.0. The van der Waals surface area contributed by atoms with Crippen molar-refractivity contribution in [2.75, 3.05) is 26.3 Å². The molecule has 0 aromatic carbocycles. The lowest BCUT2D eigenvalue weighted by molar-refractivity contribution is -0.133. The molecule has 0 bridgehead atoms. The monoisotopic (exact) mass is 242 g/mol. The topological polar surface area (TPSA) is 55.6 Å². The molecule has 17 heavy (non-hydrogen) atoms. The molecule has 0 radical (unpaired) electrons. The summed E-state index contributed by atoms with van der Waals surface area (Å²) in [6.07, 6.45) is 3.64. The van der Waals surface area contributed by atoms with Crippen LogP contribution in [0.3, 0.4) is 0 Å². The first-order valence-corrected chi connectivity index (χ1v) is 6.74. The zero-order valence-electron chi connectivity index (χ0n) is 11.2. The fourth-order valence-corrected chi connectivity index (χ4v) is 2.22. The smallest absolute Gasteiger partial charge is 0.222 e. The van der Waals surface area contributed by atoms with Crippen molar-refractivity contribution >= 4 is 5.91 Å². The maximum Gasteiger partial charge on any atom is 0.222 e. The normalized spacial score (nSPS) is 22.5. The highest BCUT2D eigenvalue weighted by Crippen LogP contribution is 2.18. The van der Waals surface area contributed by atoms with Gasteiger partial charge in [0, 0.05) is 32.2 Å². The predicted molar refractivity (Wildman–Crippen MR) is 68.7 cm³/mol. The van der Waals surface area contributed by atoms with Gasteiger partial charge in [0.05, 0.1) is 6.61 Å². The summed E-state index contributed by atoms with van der Waals surface area (Å²) in [5.74, 6) is 0.770. The van der Waals surface area contributed by atoms with Gasteiger partial charge >= 0.3 is 0 Å². The summed E-state index contributed by atoms with van der Waals surface area (Å²) in [6, 6.07) is 0.114. The van der Waals surface area contributed by atoms with E-state index in [1.807, 2.05) is 18.7 Å². The average molecular weight is 242 g/mol. The lowest BCUT2D eigenvalue weighted by Crippen LogP contribution is -2.41. The highest BCUT2D eigenvalue weighted by molar-refractivity contribution is 5.76. The van der Waals surface area contributed by atoms with Crippen molar-refractivity contribution in [1.29, 1.82) is 0 Å². The van der Waals surface area contributed by atoms with Crippen molar-refractivity contribution in [3.8, 4) is 0 Å². The van der Waals surface area contributed by atoms with Crippen LogP contribution in [0.25, 0.3) is 0 Å². The van der Waals surface area contributed by atoms with Crippen LogP contribution in [-0.4, -0.2) is 43.2 Å². The number of carbonyl (C=O) groups excluding carboxylic acids is 1. The minimum atomic E-state index is 0.114. The summed E-state index contributed by atoms with van der Waals surface area (Å²) in [6.45, 7) is 7.26. The summed E-state index contributed by atoms with van der Waals surface area (Å²) >= 11 is 0. The van der Waals surface area contributed by atoms with Gasteiger partial charge in [0.25, 0.3) is 0 Å². The van der Waals surface area contributed by atoms with Crippen LogP contribution >= 0.6 is 0 Å². The first-order chi connectivity index (χ1) is 8.13. The zero-order valence-corrected chi connectivity index (χ0v) is 11.2. The second kappa shape index (κ2) is 7.67. The van der Waals surface area contributed by atoms with E-state index in [9.17, 15) is 4.79 Å². The highest BCUT2D eigenvalue weighted by atomic mass is 16.5. The number of piperidine rings is 1. The predicted octanol–water partition coefficient (Wildman–Crippen LogP) is 1.39. The molecule has 2 unspecified atom stereocenters. The molecule has 0 spiro atoms. The van der Waals surface area contributed by atoms with Gasteiger partial charge in [0.15, 0.2) is 0 Å². The van der Waals surface area contributed by atoms with Crippen molar-refractivity contribution < 1.29 is 9.53 Å². The third-order valence-electron chi connectivity index (χ3n) is 3.24. The minimum absolute atomic E-state index is 0.114. The number of likely N-dealkylation sites (tertiary alicyclic amines) is 1. The lowest BCUT2D eigenvalue weighted by Gasteiger charge is -2.32. The molecule has 4 nitrogen and oxygen atoms in total. The Morgan fingerprint density at radius 3 is 3.00 bits per heavy atom. The number of nitrogens with two attached hydrogens (primary N) is 1. The van der Waals surface area contributed by atoms with Crippen LogP contribution < -0.4 is 5.73 Å². The maximum atomic E-state index is 12.0. The number of rotatable bonds is 6. The van der Waals surface area contributed by atoms with Gasteiger partial charge in [-0.15, -0.1) is 0 Å². The van der Waals surface area contributed by atoms with Crippen LogP contribution in [0.15, 0.2) is 0 Å². The second-order valence-electron chi connectivity index (χ2n) is 5.02. The lowest BCUT2D eigenvalue weighted by atomic mass is 9.98. The third kappa shape index (κ3) is 5.50. The van der Waals surface area contributed by atoms with Gasteiger partial charge in [-0.3, -0.25) is 4.79 Å². The number of carbonyl (C=O) groups is 1. The van der Waals surface area contributed by atoms with Gasteiger partial charge in [-0.05, 0) is 39.0 Å². The van der Waals surface area contributed by atoms with Gasteiger partial charge in [-0.25, -0.2) is 0 Å². The van der Waals surface area contributed by atoms with Gasteiger partial charge in [-0.2, -0.15) is 0 Å². The molecule has 1 aliphatic rings. The average Bonchev–Trinajstić information content (AvgIpc) is 2.33. The van der Waals surface area contributed by atoms with Crippen molar-refractivity contribution in [2.24, 2.45) is 11.7 Å². The Morgan fingerprint density at radius 1 is 1.59 bits per heavy atom. The van der Waals surface area contributed by atoms with Crippen LogP contribution in [0.5, 0.6) is 0 Å². The summed E-state index contributed by atoms with van der Waals surface area (Å²) in [5, 5.41) is 0. The number of hydrogen-bond donors (Lipinski definition) is 1. The van der Waals surface area contributed by atoms with E-state index in [-0.39, 0.29) is 11.9 Å². The quantitative estimate of drug-likeness (QED) is 0.765. The highest BCUT2D eigenvalue weighted by Gasteiger charge is 2.23. The van der Waals surface area contributed by atoms with Gasteiger partial charge in [-0.1, -0.05) is 0 Å². The number of amides is 1. The van der Waals surface area contributed by atoms with E-state index in [4.69, 9.17) is 10.5 Å². The molecule has 1 heterocycles. The summed E-state index contributed by atoms with van der Waals surface area (Å²) in [5.41, 5.74) is 5.67. The molecule has 1 aliphatic heterocycles.